The van der Waals surface area contributed by atoms with Crippen molar-refractivity contribution < 1.29 is 14.6 Å². The lowest BCUT2D eigenvalue weighted by Gasteiger charge is -2.35. The summed E-state index contributed by atoms with van der Waals surface area (Å²) < 4.78 is 7.50. The average molecular weight is 379 g/mol. The van der Waals surface area contributed by atoms with Gasteiger partial charge >= 0.3 is 0 Å². The summed E-state index contributed by atoms with van der Waals surface area (Å²) in [5, 5.41) is 21.1. The minimum atomic E-state index is -0.143. The van der Waals surface area contributed by atoms with E-state index in [1.54, 1.807) is 18.2 Å². The second-order valence-corrected chi connectivity index (χ2v) is 6.94. The number of benzene rings is 1. The van der Waals surface area contributed by atoms with Crippen molar-refractivity contribution in [1.82, 2.24) is 20.1 Å². The highest BCUT2D eigenvalue weighted by Crippen LogP contribution is 2.36. The summed E-state index contributed by atoms with van der Waals surface area (Å²) in [6.45, 7) is 4.47. The van der Waals surface area contributed by atoms with Crippen molar-refractivity contribution in [2.45, 2.75) is 51.8 Å². The number of aromatic nitrogens is 3. The molecule has 0 atom stereocenters. The Labute approximate surface area is 157 Å². The molecule has 2 N–H and O–H groups in total. The van der Waals surface area contributed by atoms with Crippen LogP contribution in [0.2, 0.25) is 5.02 Å². The number of ether oxygens (including phenoxy) is 1. The molecule has 0 unspecified atom stereocenters. The summed E-state index contributed by atoms with van der Waals surface area (Å²) in [6, 6.07) is 5.42. The van der Waals surface area contributed by atoms with E-state index in [2.05, 4.69) is 15.5 Å². The smallest absolute Gasteiger partial charge is 0.258 e. The van der Waals surface area contributed by atoms with Gasteiger partial charge in [0.15, 0.2) is 12.4 Å². The van der Waals surface area contributed by atoms with E-state index in [0.29, 0.717) is 16.6 Å². The fourth-order valence-corrected chi connectivity index (χ4v) is 3.47. The van der Waals surface area contributed by atoms with E-state index < -0.39 is 0 Å². The third-order valence-corrected chi connectivity index (χ3v) is 4.91. The molecular weight excluding hydrogens is 356 g/mol. The van der Waals surface area contributed by atoms with Crippen molar-refractivity contribution in [3.63, 3.8) is 0 Å². The van der Waals surface area contributed by atoms with Crippen LogP contribution in [0.25, 0.3) is 0 Å². The summed E-state index contributed by atoms with van der Waals surface area (Å²) in [5.74, 6) is 2.24. The Morgan fingerprint density at radius 3 is 2.85 bits per heavy atom. The van der Waals surface area contributed by atoms with Gasteiger partial charge in [-0.2, -0.15) is 0 Å². The first kappa shape index (κ1) is 18.7. The fourth-order valence-electron chi connectivity index (χ4n) is 3.25. The second-order valence-electron chi connectivity index (χ2n) is 6.51. The standard InChI is InChI=1S/C18H23ClN4O3/c1-3-23-16(9-24)21-22-18(23)12-7-14(8-12)20-17(25)10-26-15-5-4-13(19)6-11(15)2/h4-6,12,14,24H,3,7-10H2,1-2H3,(H,20,25). The van der Waals surface area contributed by atoms with Gasteiger partial charge in [0.2, 0.25) is 0 Å². The molecule has 2 aromatic rings. The third kappa shape index (κ3) is 3.99. The number of aliphatic hydroxyl groups excluding tert-OH is 1. The molecule has 1 aromatic heterocycles. The van der Waals surface area contributed by atoms with Crippen LogP contribution in [0.15, 0.2) is 18.2 Å². The molecule has 1 aliphatic rings. The molecule has 1 heterocycles. The van der Waals surface area contributed by atoms with Crippen LogP contribution in [0.3, 0.4) is 0 Å². The quantitative estimate of drug-likeness (QED) is 0.770. The van der Waals surface area contributed by atoms with Crippen LogP contribution in [-0.4, -0.2) is 38.4 Å². The molecule has 1 saturated carbocycles. The molecule has 1 aliphatic carbocycles. The number of halogens is 1. The molecule has 3 rings (SSSR count). The van der Waals surface area contributed by atoms with Gasteiger partial charge in [-0.15, -0.1) is 10.2 Å². The maximum absolute atomic E-state index is 12.1. The van der Waals surface area contributed by atoms with E-state index >= 15 is 0 Å². The molecule has 0 radical (unpaired) electrons. The van der Waals surface area contributed by atoms with Crippen LogP contribution in [0.5, 0.6) is 5.75 Å². The van der Waals surface area contributed by atoms with Crippen LogP contribution < -0.4 is 10.1 Å². The SMILES string of the molecule is CCn1c(CO)nnc1C1CC(NC(=O)COc2ccc(Cl)cc2C)C1. The zero-order chi connectivity index (χ0) is 18.7. The molecule has 0 aliphatic heterocycles. The molecule has 7 nitrogen and oxygen atoms in total. The Kier molecular flexibility index (Phi) is 5.78. The highest BCUT2D eigenvalue weighted by molar-refractivity contribution is 6.30. The van der Waals surface area contributed by atoms with Gasteiger partial charge in [-0.25, -0.2) is 0 Å². The van der Waals surface area contributed by atoms with Crippen molar-refractivity contribution in [2.24, 2.45) is 0 Å². The number of nitrogens with zero attached hydrogens (tertiary/aromatic N) is 3. The predicted octanol–water partition coefficient (Wildman–Crippen LogP) is 2.19. The molecule has 0 spiro atoms. The highest BCUT2D eigenvalue weighted by Gasteiger charge is 2.35. The number of carbonyl (C=O) groups is 1. The van der Waals surface area contributed by atoms with Crippen molar-refractivity contribution >= 4 is 17.5 Å². The van der Waals surface area contributed by atoms with Gasteiger partial charge in [0.1, 0.15) is 18.2 Å². The second kappa shape index (κ2) is 8.05. The number of amides is 1. The predicted molar refractivity (Wildman–Crippen MR) is 97.2 cm³/mol. The van der Waals surface area contributed by atoms with Crippen molar-refractivity contribution in [3.8, 4) is 5.75 Å². The number of aliphatic hydroxyl groups is 1. The number of hydrogen-bond acceptors (Lipinski definition) is 5. The van der Waals surface area contributed by atoms with E-state index in [1.165, 1.54) is 0 Å². The number of aryl methyl sites for hydroxylation is 1. The molecule has 0 saturated heterocycles. The van der Waals surface area contributed by atoms with Gasteiger partial charge in [-0.1, -0.05) is 11.6 Å². The first-order valence-electron chi connectivity index (χ1n) is 8.73. The minimum absolute atomic E-state index is 0.0244. The van der Waals surface area contributed by atoms with Crippen LogP contribution in [0, 0.1) is 6.92 Å². The summed E-state index contributed by atoms with van der Waals surface area (Å²) in [4.78, 5) is 12.1. The average Bonchev–Trinajstić information content (AvgIpc) is 2.99. The summed E-state index contributed by atoms with van der Waals surface area (Å²) in [5.41, 5.74) is 0.896. The summed E-state index contributed by atoms with van der Waals surface area (Å²) in [6.07, 6.45) is 1.63. The van der Waals surface area contributed by atoms with Crippen molar-refractivity contribution in [3.05, 3.63) is 40.4 Å². The lowest BCUT2D eigenvalue weighted by Crippen LogP contribution is -2.45. The topological polar surface area (TPSA) is 89.3 Å². The summed E-state index contributed by atoms with van der Waals surface area (Å²) in [7, 11) is 0. The number of carbonyl (C=O) groups excluding carboxylic acids is 1. The maximum atomic E-state index is 12.1. The zero-order valence-corrected chi connectivity index (χ0v) is 15.7. The van der Waals surface area contributed by atoms with Crippen molar-refractivity contribution in [1.29, 1.82) is 0 Å². The largest absolute Gasteiger partial charge is 0.484 e. The van der Waals surface area contributed by atoms with Gasteiger partial charge in [0.05, 0.1) is 0 Å². The van der Waals surface area contributed by atoms with Crippen LogP contribution in [0.1, 0.15) is 42.9 Å². The number of hydrogen-bond donors (Lipinski definition) is 2. The van der Waals surface area contributed by atoms with Gasteiger partial charge in [-0.3, -0.25) is 4.79 Å². The molecule has 1 aromatic carbocycles. The first-order chi connectivity index (χ1) is 12.5. The Bertz CT molecular complexity index is 787. The van der Waals surface area contributed by atoms with Crippen LogP contribution in [0.4, 0.5) is 0 Å². The molecular formula is C18H23ClN4O3. The molecule has 140 valence electrons. The maximum Gasteiger partial charge on any atom is 0.258 e. The monoisotopic (exact) mass is 378 g/mol. The number of nitrogens with one attached hydrogen (secondary N) is 1. The van der Waals surface area contributed by atoms with E-state index in [-0.39, 0.29) is 31.1 Å². The van der Waals surface area contributed by atoms with E-state index in [4.69, 9.17) is 16.3 Å². The first-order valence-corrected chi connectivity index (χ1v) is 9.10. The van der Waals surface area contributed by atoms with Gasteiger partial charge in [0.25, 0.3) is 5.91 Å². The Morgan fingerprint density at radius 2 is 2.19 bits per heavy atom. The lowest BCUT2D eigenvalue weighted by molar-refractivity contribution is -0.124. The Balaban J connectivity index is 1.47. The normalized spacial score (nSPS) is 19.1. The van der Waals surface area contributed by atoms with Crippen LogP contribution in [-0.2, 0) is 17.9 Å². The van der Waals surface area contributed by atoms with Gasteiger partial charge in [0, 0.05) is 23.5 Å². The van der Waals surface area contributed by atoms with Gasteiger partial charge in [-0.05, 0) is 50.5 Å². The number of rotatable bonds is 7. The van der Waals surface area contributed by atoms with E-state index in [1.807, 2.05) is 18.4 Å². The zero-order valence-electron chi connectivity index (χ0n) is 14.9. The Hall–Kier alpha value is -2.12. The van der Waals surface area contributed by atoms with Crippen molar-refractivity contribution in [2.75, 3.05) is 6.61 Å². The molecule has 0 bridgehead atoms. The Morgan fingerprint density at radius 1 is 1.42 bits per heavy atom. The lowest BCUT2D eigenvalue weighted by atomic mass is 9.79. The van der Waals surface area contributed by atoms with E-state index in [0.717, 1.165) is 30.8 Å². The van der Waals surface area contributed by atoms with E-state index in [9.17, 15) is 9.90 Å². The fraction of sp³-hybridized carbons (Fsp3) is 0.500. The van der Waals surface area contributed by atoms with Gasteiger partial charge < -0.3 is 19.7 Å². The molecule has 1 fully saturated rings. The summed E-state index contributed by atoms with van der Waals surface area (Å²) >= 11 is 5.91. The molecule has 26 heavy (non-hydrogen) atoms. The third-order valence-electron chi connectivity index (χ3n) is 4.68. The molecule has 8 heteroatoms. The van der Waals surface area contributed by atoms with Crippen LogP contribution >= 0.6 is 11.6 Å². The minimum Gasteiger partial charge on any atom is -0.484 e. The molecule has 1 amide bonds. The highest BCUT2D eigenvalue weighted by atomic mass is 35.5.